The zero-order chi connectivity index (χ0) is 38.9. The summed E-state index contributed by atoms with van der Waals surface area (Å²) >= 11 is 0. The molecular weight excluding hydrogens is 705 g/mol. The van der Waals surface area contributed by atoms with E-state index in [1.807, 2.05) is 95.9 Å². The molecule has 0 aromatic heterocycles. The molecule has 10 heteroatoms. The quantitative estimate of drug-likeness (QED) is 0.135. The third kappa shape index (κ3) is 10.1. The van der Waals surface area contributed by atoms with E-state index < -0.39 is 24.2 Å². The first kappa shape index (κ1) is 39.4. The summed E-state index contributed by atoms with van der Waals surface area (Å²) in [5, 5.41) is 28.8. The van der Waals surface area contributed by atoms with Gasteiger partial charge in [0.1, 0.15) is 0 Å². The van der Waals surface area contributed by atoms with Crippen LogP contribution in [0.25, 0.3) is 0 Å². The maximum Gasteiger partial charge on any atom is 0.251 e. The number of hydrogen-bond donors (Lipinski definition) is 4. The summed E-state index contributed by atoms with van der Waals surface area (Å²) < 4.78 is 5.42. The minimum atomic E-state index is -0.958. The van der Waals surface area contributed by atoms with Gasteiger partial charge in [0.25, 0.3) is 5.91 Å². The first-order valence-electron chi connectivity index (χ1n) is 20.1. The van der Waals surface area contributed by atoms with E-state index >= 15 is 0 Å². The van der Waals surface area contributed by atoms with Crippen LogP contribution in [-0.2, 0) is 40.0 Å². The zero-order valence-corrected chi connectivity index (χ0v) is 32.0. The van der Waals surface area contributed by atoms with E-state index in [-0.39, 0.29) is 42.6 Å². The topological polar surface area (TPSA) is 131 Å². The summed E-state index contributed by atoms with van der Waals surface area (Å²) in [6, 6.07) is 34.5. The van der Waals surface area contributed by atoms with Gasteiger partial charge in [-0.15, -0.1) is 0 Å². The maximum atomic E-state index is 14.3. The Kier molecular flexibility index (Phi) is 13.2. The van der Waals surface area contributed by atoms with Crippen molar-refractivity contribution in [2.75, 3.05) is 45.9 Å². The second-order valence-electron chi connectivity index (χ2n) is 15.6. The van der Waals surface area contributed by atoms with E-state index in [1.54, 1.807) is 6.07 Å². The monoisotopic (exact) mass is 758 g/mol. The molecule has 294 valence electrons. The van der Waals surface area contributed by atoms with Crippen molar-refractivity contribution in [3.8, 4) is 0 Å². The highest BCUT2D eigenvalue weighted by molar-refractivity contribution is 5.94. The lowest BCUT2D eigenvalue weighted by atomic mass is 9.91. The van der Waals surface area contributed by atoms with E-state index in [0.29, 0.717) is 57.4 Å². The molecule has 3 amide bonds. The molecule has 2 aliphatic heterocycles. The predicted octanol–water partition coefficient (Wildman–Crippen LogP) is 4.14. The van der Waals surface area contributed by atoms with Crippen LogP contribution >= 0.6 is 0 Å². The SMILES string of the molecule is O=C(NCCN1CCOCC1)c1cccc(C[C@H]2C[C@H](Cc3ccccc3)N(C[C@@H](O)C[C@@H](Cc3ccccc3)C(=O)NC3c4ccccc4C[C@H]3O)C2=O)c1. The van der Waals surface area contributed by atoms with Gasteiger partial charge in [0.05, 0.1) is 31.5 Å². The number of aliphatic hydroxyl groups excluding tert-OH is 2. The number of β-amino-alcohol motifs (C(OH)–C–C–N with tert-alkyl or cyclic N) is 1. The van der Waals surface area contributed by atoms with Crippen LogP contribution in [0, 0.1) is 11.8 Å². The lowest BCUT2D eigenvalue weighted by molar-refractivity contribution is -0.133. The van der Waals surface area contributed by atoms with Crippen molar-refractivity contribution >= 4 is 17.7 Å². The highest BCUT2D eigenvalue weighted by Crippen LogP contribution is 2.33. The van der Waals surface area contributed by atoms with Crippen LogP contribution in [0.1, 0.15) is 57.1 Å². The van der Waals surface area contributed by atoms with Gasteiger partial charge in [-0.2, -0.15) is 0 Å². The number of amides is 3. The summed E-state index contributed by atoms with van der Waals surface area (Å²) in [5.41, 5.74) is 5.50. The molecule has 2 saturated heterocycles. The third-order valence-electron chi connectivity index (χ3n) is 11.6. The summed E-state index contributed by atoms with van der Waals surface area (Å²) in [7, 11) is 0. The predicted molar refractivity (Wildman–Crippen MR) is 215 cm³/mol. The second kappa shape index (κ2) is 18.8. The molecule has 10 nitrogen and oxygen atoms in total. The van der Waals surface area contributed by atoms with Gasteiger partial charge in [0.15, 0.2) is 0 Å². The van der Waals surface area contributed by atoms with Gasteiger partial charge in [0.2, 0.25) is 11.8 Å². The van der Waals surface area contributed by atoms with Crippen LogP contribution in [0.4, 0.5) is 0 Å². The lowest BCUT2D eigenvalue weighted by Crippen LogP contribution is -2.43. The number of rotatable bonds is 16. The first-order valence-corrected chi connectivity index (χ1v) is 20.1. The largest absolute Gasteiger partial charge is 0.391 e. The Morgan fingerprint density at radius 2 is 1.54 bits per heavy atom. The standard InChI is InChI=1S/C46H54N4O6/c51-40(29-37(24-32-10-3-1-4-11-32)45(54)48-43-41-17-8-7-15-35(41)30-42(43)52)31-50-39(27-33-12-5-2-6-13-33)28-38(46(50)55)26-34-14-9-16-36(25-34)44(53)47-18-19-49-20-22-56-23-21-49/h1-17,25,37-40,42-43,51-52H,18-24,26-31H2,(H,47,53)(H,48,54)/t37-,38+,39+,40+,42-,43?/m1/s1. The molecule has 0 bridgehead atoms. The fraction of sp³-hybridized carbons (Fsp3) is 0.413. The molecule has 56 heavy (non-hydrogen) atoms. The Labute approximate surface area is 329 Å². The number of fused-ring (bicyclic) bond motifs is 1. The zero-order valence-electron chi connectivity index (χ0n) is 32.0. The Morgan fingerprint density at radius 3 is 2.30 bits per heavy atom. The molecule has 0 saturated carbocycles. The minimum absolute atomic E-state index is 0.0277. The number of carbonyl (C=O) groups is 3. The van der Waals surface area contributed by atoms with Crippen LogP contribution in [0.5, 0.6) is 0 Å². The highest BCUT2D eigenvalue weighted by atomic mass is 16.5. The summed E-state index contributed by atoms with van der Waals surface area (Å²) in [6.07, 6.45) is 1.09. The first-order chi connectivity index (χ1) is 27.3. The highest BCUT2D eigenvalue weighted by Gasteiger charge is 2.41. The van der Waals surface area contributed by atoms with Crippen LogP contribution < -0.4 is 10.6 Å². The van der Waals surface area contributed by atoms with Crippen molar-refractivity contribution < 1.29 is 29.3 Å². The van der Waals surface area contributed by atoms with Crippen LogP contribution in [0.3, 0.4) is 0 Å². The number of morpholine rings is 1. The molecule has 4 aromatic carbocycles. The van der Waals surface area contributed by atoms with Gasteiger partial charge >= 0.3 is 0 Å². The third-order valence-corrected chi connectivity index (χ3v) is 11.6. The average Bonchev–Trinajstić information content (AvgIpc) is 3.68. The van der Waals surface area contributed by atoms with E-state index in [0.717, 1.165) is 47.5 Å². The van der Waals surface area contributed by atoms with E-state index in [4.69, 9.17) is 4.74 Å². The summed E-state index contributed by atoms with van der Waals surface area (Å²) in [6.45, 7) is 4.58. The molecule has 3 aliphatic rings. The molecule has 6 atom stereocenters. The molecule has 1 unspecified atom stereocenters. The molecular formula is C46H54N4O6. The van der Waals surface area contributed by atoms with Crippen molar-refractivity contribution in [3.63, 3.8) is 0 Å². The van der Waals surface area contributed by atoms with Crippen molar-refractivity contribution in [2.45, 2.75) is 62.8 Å². The maximum absolute atomic E-state index is 14.3. The Hall–Kier alpha value is -4.87. The van der Waals surface area contributed by atoms with Gasteiger partial charge < -0.3 is 30.5 Å². The fourth-order valence-corrected chi connectivity index (χ4v) is 8.67. The number of aliphatic hydroxyl groups is 2. The van der Waals surface area contributed by atoms with Crippen molar-refractivity contribution in [3.05, 3.63) is 143 Å². The van der Waals surface area contributed by atoms with E-state index in [2.05, 4.69) is 27.7 Å². The smallest absolute Gasteiger partial charge is 0.251 e. The van der Waals surface area contributed by atoms with Crippen molar-refractivity contribution in [2.24, 2.45) is 11.8 Å². The van der Waals surface area contributed by atoms with Gasteiger partial charge in [-0.25, -0.2) is 0 Å². The number of ether oxygens (including phenoxy) is 1. The number of carbonyl (C=O) groups excluding carboxylic acids is 3. The average molecular weight is 759 g/mol. The van der Waals surface area contributed by atoms with E-state index in [1.165, 1.54) is 0 Å². The van der Waals surface area contributed by atoms with Crippen LogP contribution in [-0.4, -0.2) is 102 Å². The minimum Gasteiger partial charge on any atom is -0.391 e. The van der Waals surface area contributed by atoms with Gasteiger partial charge in [0, 0.05) is 62.6 Å². The Balaban J connectivity index is 1.03. The number of hydrogen-bond acceptors (Lipinski definition) is 7. The molecule has 7 rings (SSSR count). The molecule has 4 aromatic rings. The molecule has 4 N–H and O–H groups in total. The van der Waals surface area contributed by atoms with Gasteiger partial charge in [-0.05, 0) is 72.1 Å². The Bertz CT molecular complexity index is 1920. The van der Waals surface area contributed by atoms with Crippen LogP contribution in [0.2, 0.25) is 0 Å². The number of nitrogens with zero attached hydrogens (tertiary/aromatic N) is 2. The summed E-state index contributed by atoms with van der Waals surface area (Å²) in [5.74, 6) is -1.30. The lowest BCUT2D eigenvalue weighted by Gasteiger charge is -2.29. The number of likely N-dealkylation sites (tertiary alicyclic amines) is 1. The number of nitrogens with one attached hydrogen (secondary N) is 2. The molecule has 0 spiro atoms. The van der Waals surface area contributed by atoms with Gasteiger partial charge in [-0.3, -0.25) is 19.3 Å². The number of benzene rings is 4. The Morgan fingerprint density at radius 1 is 0.839 bits per heavy atom. The molecule has 1 aliphatic carbocycles. The van der Waals surface area contributed by atoms with Crippen molar-refractivity contribution in [1.29, 1.82) is 0 Å². The molecule has 2 heterocycles. The van der Waals surface area contributed by atoms with Gasteiger partial charge in [-0.1, -0.05) is 97.1 Å². The molecule has 0 radical (unpaired) electrons. The second-order valence-corrected chi connectivity index (χ2v) is 15.6. The molecule has 2 fully saturated rings. The normalized spacial score (nSPS) is 22.0. The van der Waals surface area contributed by atoms with E-state index in [9.17, 15) is 24.6 Å². The fourth-order valence-electron chi connectivity index (χ4n) is 8.67. The summed E-state index contributed by atoms with van der Waals surface area (Å²) in [4.78, 5) is 45.5. The van der Waals surface area contributed by atoms with Crippen LogP contribution in [0.15, 0.2) is 109 Å². The van der Waals surface area contributed by atoms with Crippen molar-refractivity contribution in [1.82, 2.24) is 20.4 Å².